The van der Waals surface area contributed by atoms with E-state index >= 15 is 0 Å². The Hall–Kier alpha value is -7.18. The third-order valence-electron chi connectivity index (χ3n) is 9.78. The molecule has 0 N–H and O–H groups in total. The van der Waals surface area contributed by atoms with E-state index in [1.807, 2.05) is 72.8 Å². The third-order valence-corrected chi connectivity index (χ3v) is 9.78. The molecule has 8 aromatic rings. The summed E-state index contributed by atoms with van der Waals surface area (Å²) in [6, 6.07) is 49.2. The van der Waals surface area contributed by atoms with Crippen LogP contribution in [0.1, 0.15) is 0 Å². The van der Waals surface area contributed by atoms with Crippen LogP contribution in [-0.2, 0) is 19.1 Å². The molecule has 0 aliphatic carbocycles. The van der Waals surface area contributed by atoms with E-state index in [4.69, 9.17) is 18.9 Å². The number of ether oxygens (including phenoxy) is 4. The minimum atomic E-state index is -0.537. The molecule has 8 aromatic carbocycles. The summed E-state index contributed by atoms with van der Waals surface area (Å²) in [5, 5.41) is 8.07. The summed E-state index contributed by atoms with van der Waals surface area (Å²) in [6.07, 6.45) is 3.04. The number of fused-ring (bicyclic) bond motifs is 6. The standard InChI is InChI=1S/C50H38O6/c1-3-27-53-43(51)31-55-41-29-37-25-23-33-15-11-13-21-39(33)45(37)47(35-17-7-5-8-18-35)49(41)50-42(56-32-44(52)54-28-4-2)30-38-26-24-34-16-12-14-22-40(34)46(38)48(50)36-19-9-6-10-20-36/h3-26,29-30H,1-2,27-28,31-32H2. The van der Waals surface area contributed by atoms with Crippen molar-refractivity contribution in [2.45, 2.75) is 0 Å². The molecule has 0 aliphatic rings. The van der Waals surface area contributed by atoms with E-state index < -0.39 is 11.9 Å². The van der Waals surface area contributed by atoms with Crippen LogP contribution in [0.25, 0.3) is 76.5 Å². The predicted molar refractivity (Wildman–Crippen MR) is 226 cm³/mol. The molecule has 0 bridgehead atoms. The van der Waals surface area contributed by atoms with Crippen molar-refractivity contribution in [2.75, 3.05) is 26.4 Å². The van der Waals surface area contributed by atoms with E-state index in [2.05, 4.69) is 86.0 Å². The zero-order valence-corrected chi connectivity index (χ0v) is 30.7. The molecule has 0 radical (unpaired) electrons. The average Bonchev–Trinajstić information content (AvgIpc) is 3.25. The lowest BCUT2D eigenvalue weighted by molar-refractivity contribution is -0.145. The lowest BCUT2D eigenvalue weighted by atomic mass is 9.81. The number of benzene rings is 8. The molecule has 56 heavy (non-hydrogen) atoms. The van der Waals surface area contributed by atoms with Crippen molar-refractivity contribution in [2.24, 2.45) is 0 Å². The number of rotatable bonds is 13. The van der Waals surface area contributed by atoms with Crippen LogP contribution in [-0.4, -0.2) is 38.4 Å². The molecule has 6 nitrogen and oxygen atoms in total. The highest BCUT2D eigenvalue weighted by atomic mass is 16.6. The molecule has 0 saturated heterocycles. The Morgan fingerprint density at radius 3 is 1.23 bits per heavy atom. The van der Waals surface area contributed by atoms with E-state index in [1.54, 1.807) is 0 Å². The van der Waals surface area contributed by atoms with Crippen molar-refractivity contribution in [3.63, 3.8) is 0 Å². The summed E-state index contributed by atoms with van der Waals surface area (Å²) in [7, 11) is 0. The molecule has 0 amide bonds. The molecular weight excluding hydrogens is 697 g/mol. The Labute approximate surface area is 324 Å². The molecule has 0 saturated carbocycles. The minimum Gasteiger partial charge on any atom is -0.481 e. The van der Waals surface area contributed by atoms with Crippen LogP contribution in [0.15, 0.2) is 171 Å². The molecule has 0 fully saturated rings. The number of hydrogen-bond acceptors (Lipinski definition) is 6. The van der Waals surface area contributed by atoms with Gasteiger partial charge in [-0.05, 0) is 66.3 Å². The van der Waals surface area contributed by atoms with Gasteiger partial charge in [0, 0.05) is 22.3 Å². The Balaban J connectivity index is 1.57. The molecule has 0 atom stereocenters. The van der Waals surface area contributed by atoms with Crippen molar-refractivity contribution in [3.8, 4) is 44.9 Å². The van der Waals surface area contributed by atoms with E-state index in [-0.39, 0.29) is 26.4 Å². The number of esters is 2. The normalized spacial score (nSPS) is 11.1. The first kappa shape index (κ1) is 35.8. The van der Waals surface area contributed by atoms with Gasteiger partial charge >= 0.3 is 11.9 Å². The second-order valence-corrected chi connectivity index (χ2v) is 13.3. The molecule has 0 spiro atoms. The maximum atomic E-state index is 13.1. The first-order chi connectivity index (χ1) is 27.6. The van der Waals surface area contributed by atoms with Gasteiger partial charge in [0.25, 0.3) is 0 Å². The van der Waals surface area contributed by atoms with Gasteiger partial charge in [-0.1, -0.05) is 159 Å². The smallest absolute Gasteiger partial charge is 0.344 e. The maximum Gasteiger partial charge on any atom is 0.344 e. The van der Waals surface area contributed by atoms with Gasteiger partial charge in [0.15, 0.2) is 13.2 Å². The molecule has 0 aliphatic heterocycles. The SMILES string of the molecule is C=CCOC(=O)COc1cc2ccc3ccccc3c2c(-c2ccccc2)c1-c1c(OCC(=O)OCC=C)cc2ccc3ccccc3c2c1-c1ccccc1. The van der Waals surface area contributed by atoms with E-state index in [9.17, 15) is 9.59 Å². The summed E-state index contributed by atoms with van der Waals surface area (Å²) >= 11 is 0. The fraction of sp³-hybridized carbons (Fsp3) is 0.0800. The van der Waals surface area contributed by atoms with Crippen molar-refractivity contribution < 1.29 is 28.5 Å². The van der Waals surface area contributed by atoms with Crippen molar-refractivity contribution in [3.05, 3.63) is 171 Å². The molecular formula is C50H38O6. The molecule has 0 unspecified atom stereocenters. The van der Waals surface area contributed by atoms with Crippen LogP contribution in [0.3, 0.4) is 0 Å². The van der Waals surface area contributed by atoms with Crippen molar-refractivity contribution in [1.29, 1.82) is 0 Å². The second kappa shape index (κ2) is 16.0. The summed E-state index contributed by atoms with van der Waals surface area (Å²) in [5.41, 5.74) is 5.00. The first-order valence-corrected chi connectivity index (χ1v) is 18.4. The van der Waals surface area contributed by atoms with Gasteiger partial charge in [-0.25, -0.2) is 9.59 Å². The summed E-state index contributed by atoms with van der Waals surface area (Å²) in [6.45, 7) is 6.78. The lowest BCUT2D eigenvalue weighted by Crippen LogP contribution is -2.16. The molecule has 0 heterocycles. The average molecular weight is 735 g/mol. The Morgan fingerprint density at radius 1 is 0.446 bits per heavy atom. The number of carbonyl (C=O) groups excluding carboxylic acids is 2. The summed E-state index contributed by atoms with van der Waals surface area (Å²) in [4.78, 5) is 26.2. The van der Waals surface area contributed by atoms with E-state index in [0.29, 0.717) is 22.6 Å². The Kier molecular flexibility index (Phi) is 10.3. The van der Waals surface area contributed by atoms with Crippen LogP contribution >= 0.6 is 0 Å². The predicted octanol–water partition coefficient (Wildman–Crippen LogP) is 11.5. The second-order valence-electron chi connectivity index (χ2n) is 13.3. The quantitative estimate of drug-likeness (QED) is 0.0667. The van der Waals surface area contributed by atoms with Crippen LogP contribution < -0.4 is 9.47 Å². The molecule has 0 aromatic heterocycles. The van der Waals surface area contributed by atoms with Crippen LogP contribution in [0, 0.1) is 0 Å². The Bertz CT molecular complexity index is 2580. The van der Waals surface area contributed by atoms with Gasteiger partial charge in [0.05, 0.1) is 0 Å². The highest BCUT2D eigenvalue weighted by Gasteiger charge is 2.28. The Morgan fingerprint density at radius 2 is 0.821 bits per heavy atom. The lowest BCUT2D eigenvalue weighted by Gasteiger charge is -2.25. The fourth-order valence-corrected chi connectivity index (χ4v) is 7.47. The van der Waals surface area contributed by atoms with Gasteiger partial charge in [-0.3, -0.25) is 0 Å². The zero-order chi connectivity index (χ0) is 38.4. The van der Waals surface area contributed by atoms with E-state index in [1.165, 1.54) is 12.2 Å². The largest absolute Gasteiger partial charge is 0.481 e. The molecule has 6 heteroatoms. The number of carbonyl (C=O) groups is 2. The zero-order valence-electron chi connectivity index (χ0n) is 30.7. The van der Waals surface area contributed by atoms with Crippen LogP contribution in [0.2, 0.25) is 0 Å². The summed E-state index contributed by atoms with van der Waals surface area (Å²) in [5.74, 6) is -0.189. The monoisotopic (exact) mass is 734 g/mol. The van der Waals surface area contributed by atoms with Gasteiger partial charge in [0.2, 0.25) is 0 Å². The number of hydrogen-bond donors (Lipinski definition) is 0. The van der Waals surface area contributed by atoms with Crippen molar-refractivity contribution >= 4 is 55.0 Å². The maximum absolute atomic E-state index is 13.1. The first-order valence-electron chi connectivity index (χ1n) is 18.4. The van der Waals surface area contributed by atoms with Gasteiger partial charge in [-0.15, -0.1) is 0 Å². The molecule has 274 valence electrons. The highest BCUT2D eigenvalue weighted by Crippen LogP contribution is 2.54. The highest BCUT2D eigenvalue weighted by molar-refractivity contribution is 6.23. The fourth-order valence-electron chi connectivity index (χ4n) is 7.47. The van der Waals surface area contributed by atoms with Crippen LogP contribution in [0.4, 0.5) is 0 Å². The van der Waals surface area contributed by atoms with Gasteiger partial charge in [-0.2, -0.15) is 0 Å². The van der Waals surface area contributed by atoms with Crippen LogP contribution in [0.5, 0.6) is 11.5 Å². The van der Waals surface area contributed by atoms with Crippen molar-refractivity contribution in [1.82, 2.24) is 0 Å². The van der Waals surface area contributed by atoms with E-state index in [0.717, 1.165) is 65.3 Å². The summed E-state index contributed by atoms with van der Waals surface area (Å²) < 4.78 is 23.9. The topological polar surface area (TPSA) is 71.1 Å². The molecule has 8 rings (SSSR count). The van der Waals surface area contributed by atoms with Gasteiger partial charge < -0.3 is 18.9 Å². The minimum absolute atomic E-state index is 0.0594. The third kappa shape index (κ3) is 6.96. The van der Waals surface area contributed by atoms with Gasteiger partial charge in [0.1, 0.15) is 24.7 Å².